The van der Waals surface area contributed by atoms with E-state index < -0.39 is 11.7 Å². The minimum Gasteiger partial charge on any atom is -0.380 e. The molecule has 1 N–H and O–H groups in total. The van der Waals surface area contributed by atoms with E-state index in [2.05, 4.69) is 25.8 Å². The number of benzene rings is 2. The van der Waals surface area contributed by atoms with E-state index in [0.717, 1.165) is 0 Å². The lowest BCUT2D eigenvalue weighted by atomic mass is 10.1. The molecule has 12 heteroatoms. The largest absolute Gasteiger partial charge is 0.380 e. The first kappa shape index (κ1) is 22.4. The molecular weight excluding hydrogens is 478 g/mol. The van der Waals surface area contributed by atoms with Crippen molar-refractivity contribution in [3.8, 4) is 0 Å². The van der Waals surface area contributed by atoms with Crippen molar-refractivity contribution in [2.45, 2.75) is 16.7 Å². The van der Waals surface area contributed by atoms with Crippen LogP contribution in [0.1, 0.15) is 15.9 Å². The summed E-state index contributed by atoms with van der Waals surface area (Å²) >= 11 is 13.5. The van der Waals surface area contributed by atoms with Gasteiger partial charge in [-0.15, -0.1) is 5.10 Å². The van der Waals surface area contributed by atoms with Crippen molar-refractivity contribution in [1.82, 2.24) is 25.2 Å². The lowest BCUT2D eigenvalue weighted by molar-refractivity contribution is 0.102. The van der Waals surface area contributed by atoms with E-state index in [1.54, 1.807) is 38.6 Å². The predicted molar refractivity (Wildman–Crippen MR) is 120 cm³/mol. The summed E-state index contributed by atoms with van der Waals surface area (Å²) in [7, 11) is 3.24. The number of methoxy groups -OCH3 is 1. The summed E-state index contributed by atoms with van der Waals surface area (Å²) in [5, 5.41) is 15.4. The number of hydrogen-bond acceptors (Lipinski definition) is 7. The number of carbonyl (C=O) groups excluding carboxylic acids is 1. The number of pyridine rings is 1. The summed E-state index contributed by atoms with van der Waals surface area (Å²) in [6.07, 6.45) is 1.61. The quantitative estimate of drug-likeness (QED) is 0.414. The normalized spacial score (nSPS) is 11.2. The number of amides is 1. The molecule has 0 saturated heterocycles. The van der Waals surface area contributed by atoms with Gasteiger partial charge in [-0.3, -0.25) is 9.78 Å². The summed E-state index contributed by atoms with van der Waals surface area (Å²) in [6, 6.07) is 7.25. The number of aromatic nitrogens is 5. The molecule has 164 valence electrons. The number of nitrogens with zero attached hydrogens (tertiary/aromatic N) is 5. The molecule has 2 aromatic heterocycles. The Hall–Kier alpha value is -2.79. The Bertz CT molecular complexity index is 1310. The lowest BCUT2D eigenvalue weighted by Crippen LogP contribution is -2.14. The van der Waals surface area contributed by atoms with E-state index >= 15 is 0 Å². The van der Waals surface area contributed by atoms with Crippen molar-refractivity contribution in [3.05, 3.63) is 63.5 Å². The molecule has 1 amide bonds. The molecule has 0 unspecified atom stereocenters. The smallest absolute Gasteiger partial charge is 0.258 e. The SMILES string of the molecule is COCc1cnc2c(NC(=O)c3c(Cl)cccc3Cl)cc(F)cc2c1Sc1nnnn1C. The van der Waals surface area contributed by atoms with Crippen molar-refractivity contribution in [2.75, 3.05) is 12.4 Å². The number of halogens is 3. The van der Waals surface area contributed by atoms with Crippen LogP contribution < -0.4 is 5.32 Å². The molecule has 0 aliphatic heterocycles. The van der Waals surface area contributed by atoms with Gasteiger partial charge in [0.2, 0.25) is 5.16 Å². The Balaban J connectivity index is 1.83. The molecule has 0 aliphatic rings. The lowest BCUT2D eigenvalue weighted by Gasteiger charge is -2.15. The van der Waals surface area contributed by atoms with Gasteiger partial charge in [-0.1, -0.05) is 29.3 Å². The van der Waals surface area contributed by atoms with Crippen molar-refractivity contribution in [1.29, 1.82) is 0 Å². The predicted octanol–water partition coefficient (Wildman–Crippen LogP) is 4.75. The van der Waals surface area contributed by atoms with Gasteiger partial charge >= 0.3 is 0 Å². The van der Waals surface area contributed by atoms with Crippen LogP contribution in [0.3, 0.4) is 0 Å². The van der Waals surface area contributed by atoms with E-state index in [-0.39, 0.29) is 27.9 Å². The molecule has 0 aliphatic carbocycles. The fourth-order valence-corrected chi connectivity index (χ4v) is 4.56. The molecule has 4 rings (SSSR count). The van der Waals surface area contributed by atoms with Crippen LogP contribution in [0.25, 0.3) is 10.9 Å². The van der Waals surface area contributed by atoms with Crippen LogP contribution in [-0.2, 0) is 18.4 Å². The van der Waals surface area contributed by atoms with E-state index in [9.17, 15) is 9.18 Å². The van der Waals surface area contributed by atoms with Crippen LogP contribution in [-0.4, -0.2) is 38.2 Å². The highest BCUT2D eigenvalue weighted by Crippen LogP contribution is 2.38. The molecular formula is C20H15Cl2FN6O2S. The van der Waals surface area contributed by atoms with Gasteiger partial charge in [-0.05, 0) is 46.5 Å². The van der Waals surface area contributed by atoms with Crippen LogP contribution in [0, 0.1) is 5.82 Å². The average Bonchev–Trinajstić information content (AvgIpc) is 3.14. The first-order valence-corrected chi connectivity index (χ1v) is 10.7. The molecule has 2 aromatic carbocycles. The van der Waals surface area contributed by atoms with Gasteiger partial charge in [-0.25, -0.2) is 9.07 Å². The zero-order valence-electron chi connectivity index (χ0n) is 16.8. The molecule has 0 radical (unpaired) electrons. The number of fused-ring (bicyclic) bond motifs is 1. The van der Waals surface area contributed by atoms with Crippen LogP contribution in [0.15, 0.2) is 46.6 Å². The highest BCUT2D eigenvalue weighted by molar-refractivity contribution is 7.99. The van der Waals surface area contributed by atoms with Gasteiger partial charge in [0, 0.05) is 36.2 Å². The number of anilines is 1. The summed E-state index contributed by atoms with van der Waals surface area (Å²) in [4.78, 5) is 18.0. The second kappa shape index (κ2) is 9.37. The van der Waals surface area contributed by atoms with Crippen molar-refractivity contribution in [2.24, 2.45) is 7.05 Å². The third-order valence-corrected chi connectivity index (χ3v) is 6.32. The summed E-state index contributed by atoms with van der Waals surface area (Å²) in [5.74, 6) is -1.14. The first-order valence-electron chi connectivity index (χ1n) is 9.14. The zero-order valence-corrected chi connectivity index (χ0v) is 19.1. The second-order valence-corrected chi connectivity index (χ2v) is 8.42. The zero-order chi connectivity index (χ0) is 22.8. The third kappa shape index (κ3) is 4.40. The van der Waals surface area contributed by atoms with Gasteiger partial charge in [0.05, 0.1) is 33.4 Å². The van der Waals surface area contributed by atoms with Gasteiger partial charge in [0.25, 0.3) is 5.91 Å². The Kier molecular flexibility index (Phi) is 6.56. The Morgan fingerprint density at radius 1 is 1.28 bits per heavy atom. The van der Waals surface area contributed by atoms with Crippen LogP contribution in [0.5, 0.6) is 0 Å². The minimum atomic E-state index is -0.582. The van der Waals surface area contributed by atoms with Gasteiger partial charge in [-0.2, -0.15) is 0 Å². The maximum atomic E-state index is 14.6. The maximum Gasteiger partial charge on any atom is 0.258 e. The molecule has 0 saturated carbocycles. The Morgan fingerprint density at radius 3 is 2.69 bits per heavy atom. The van der Waals surface area contributed by atoms with E-state index in [4.69, 9.17) is 27.9 Å². The molecule has 4 aromatic rings. The van der Waals surface area contributed by atoms with Gasteiger partial charge in [0.15, 0.2) is 0 Å². The van der Waals surface area contributed by atoms with Crippen LogP contribution in [0.2, 0.25) is 10.0 Å². The number of carbonyl (C=O) groups is 1. The molecule has 0 spiro atoms. The van der Waals surface area contributed by atoms with E-state index in [1.807, 2.05) is 0 Å². The second-order valence-electron chi connectivity index (χ2n) is 6.63. The summed E-state index contributed by atoms with van der Waals surface area (Å²) < 4.78 is 21.4. The molecule has 8 nitrogen and oxygen atoms in total. The standard InChI is InChI=1S/C20H15Cl2FN6O2S/c1-29-20(26-27-28-29)32-18-10(9-31-2)8-24-17-12(18)6-11(23)7-15(17)25-19(30)16-13(21)4-3-5-14(16)22/h3-8H,9H2,1-2H3,(H,25,30). The molecule has 32 heavy (non-hydrogen) atoms. The highest BCUT2D eigenvalue weighted by atomic mass is 35.5. The van der Waals surface area contributed by atoms with E-state index in [1.165, 1.54) is 28.6 Å². The van der Waals surface area contributed by atoms with Crippen LogP contribution in [0.4, 0.5) is 10.1 Å². The number of aryl methyl sites for hydroxylation is 1. The Labute approximate surface area is 196 Å². The number of ether oxygens (including phenoxy) is 1. The van der Waals surface area contributed by atoms with Crippen LogP contribution >= 0.6 is 35.0 Å². The average molecular weight is 493 g/mol. The molecule has 2 heterocycles. The molecule has 0 atom stereocenters. The van der Waals surface area contributed by atoms with Gasteiger partial charge in [0.1, 0.15) is 5.82 Å². The minimum absolute atomic E-state index is 0.0870. The number of rotatable bonds is 6. The molecule has 0 fully saturated rings. The Morgan fingerprint density at radius 2 is 2.03 bits per heavy atom. The van der Waals surface area contributed by atoms with Crippen molar-refractivity contribution in [3.63, 3.8) is 0 Å². The first-order chi connectivity index (χ1) is 15.4. The fraction of sp³-hybridized carbons (Fsp3) is 0.150. The number of tetrazole rings is 1. The third-order valence-electron chi connectivity index (χ3n) is 4.47. The summed E-state index contributed by atoms with van der Waals surface area (Å²) in [5.41, 5.74) is 1.34. The van der Waals surface area contributed by atoms with Crippen molar-refractivity contribution < 1.29 is 13.9 Å². The summed E-state index contributed by atoms with van der Waals surface area (Å²) in [6.45, 7) is 0.240. The monoisotopic (exact) mass is 492 g/mol. The van der Waals surface area contributed by atoms with E-state index in [0.29, 0.717) is 26.5 Å². The topological polar surface area (TPSA) is 94.8 Å². The van der Waals surface area contributed by atoms with Gasteiger partial charge < -0.3 is 10.1 Å². The molecule has 0 bridgehead atoms. The number of nitrogens with one attached hydrogen (secondary N) is 1. The van der Waals surface area contributed by atoms with Crippen molar-refractivity contribution >= 4 is 57.5 Å². The maximum absolute atomic E-state index is 14.6. The highest BCUT2D eigenvalue weighted by Gasteiger charge is 2.20. The number of hydrogen-bond donors (Lipinski definition) is 1. The fourth-order valence-electron chi connectivity index (χ4n) is 3.06.